The third-order valence-corrected chi connectivity index (χ3v) is 7.70. The van der Waals surface area contributed by atoms with E-state index >= 15 is 0 Å². The maximum absolute atomic E-state index is 14.1. The average molecular weight is 574 g/mol. The fraction of sp³-hybridized carbons (Fsp3) is 0.344. The molecule has 0 radical (unpaired) electrons. The number of hydrogen-bond donors (Lipinski definition) is 2. The molecule has 3 aromatic rings. The van der Waals surface area contributed by atoms with Gasteiger partial charge in [0.2, 0.25) is 0 Å². The first-order chi connectivity index (χ1) is 20.4. The molecule has 9 nitrogen and oxygen atoms in total. The molecule has 4 amide bonds. The van der Waals surface area contributed by atoms with Crippen molar-refractivity contribution in [1.82, 2.24) is 9.80 Å². The summed E-state index contributed by atoms with van der Waals surface area (Å²) in [6.07, 6.45) is 3.70. The molecule has 2 N–H and O–H groups in total. The Morgan fingerprint density at radius 1 is 0.762 bits per heavy atom. The number of methoxy groups -OCH3 is 1. The lowest BCUT2D eigenvalue weighted by atomic mass is 10.1. The number of halogens is 1. The summed E-state index contributed by atoms with van der Waals surface area (Å²) >= 11 is 0. The quantitative estimate of drug-likeness (QED) is 0.409. The molecule has 0 unspecified atom stereocenters. The van der Waals surface area contributed by atoms with Crippen LogP contribution in [0, 0.1) is 5.82 Å². The summed E-state index contributed by atoms with van der Waals surface area (Å²) in [5.41, 5.74) is 2.40. The van der Waals surface area contributed by atoms with Crippen molar-refractivity contribution in [3.63, 3.8) is 0 Å². The number of nitrogens with one attached hydrogen (secondary N) is 2. The van der Waals surface area contributed by atoms with Crippen LogP contribution in [0.2, 0.25) is 0 Å². The number of ether oxygens (including phenoxy) is 1. The van der Waals surface area contributed by atoms with Crippen LogP contribution in [0.15, 0.2) is 66.7 Å². The fourth-order valence-corrected chi connectivity index (χ4v) is 5.41. The lowest BCUT2D eigenvalue weighted by molar-refractivity contribution is 0.0724. The zero-order chi connectivity index (χ0) is 29.5. The minimum atomic E-state index is -0.484. The number of hydrogen-bond acceptors (Lipinski definition) is 5. The topological polar surface area (TPSA) is 94.2 Å². The monoisotopic (exact) mass is 573 g/mol. The van der Waals surface area contributed by atoms with Crippen LogP contribution in [-0.2, 0) is 0 Å². The van der Waals surface area contributed by atoms with Gasteiger partial charge in [-0.15, -0.1) is 0 Å². The van der Waals surface area contributed by atoms with Gasteiger partial charge in [0.1, 0.15) is 11.6 Å². The summed E-state index contributed by atoms with van der Waals surface area (Å²) in [6.45, 7) is 3.44. The van der Waals surface area contributed by atoms with Gasteiger partial charge in [0.05, 0.1) is 18.4 Å². The fourth-order valence-electron chi connectivity index (χ4n) is 5.41. The van der Waals surface area contributed by atoms with Crippen molar-refractivity contribution in [2.75, 3.05) is 61.9 Å². The van der Waals surface area contributed by atoms with Gasteiger partial charge in [0, 0.05) is 56.2 Å². The number of carbonyl (C=O) groups is 3. The largest absolute Gasteiger partial charge is 0.497 e. The number of carbonyl (C=O) groups excluding carboxylic acids is 3. The predicted molar refractivity (Wildman–Crippen MR) is 161 cm³/mol. The molecule has 0 aliphatic carbocycles. The molecule has 0 saturated carbocycles. The van der Waals surface area contributed by atoms with E-state index < -0.39 is 5.82 Å². The third-order valence-electron chi connectivity index (χ3n) is 7.70. The summed E-state index contributed by atoms with van der Waals surface area (Å²) in [5, 5.41) is 5.59. The first-order valence-corrected chi connectivity index (χ1v) is 14.4. The Morgan fingerprint density at radius 3 is 2.33 bits per heavy atom. The number of rotatable bonds is 6. The molecule has 2 heterocycles. The smallest absolute Gasteiger partial charge is 0.321 e. The molecular formula is C32H36FN5O4. The summed E-state index contributed by atoms with van der Waals surface area (Å²) in [5.74, 6) is -0.275. The van der Waals surface area contributed by atoms with Gasteiger partial charge in [-0.1, -0.05) is 18.2 Å². The molecule has 2 aliphatic rings. The number of anilines is 3. The SMILES string of the molecule is COc1cccc(C(=O)Nc2ccc(N3CCCN(C(=O)Nc4ccccc4F)CC3)c(C(=O)N3CCCCC3)c2)c1. The molecule has 5 rings (SSSR count). The van der Waals surface area contributed by atoms with Crippen LogP contribution in [0.5, 0.6) is 5.75 Å². The molecule has 2 aliphatic heterocycles. The van der Waals surface area contributed by atoms with E-state index in [2.05, 4.69) is 15.5 Å². The summed E-state index contributed by atoms with van der Waals surface area (Å²) in [6, 6.07) is 18.0. The number of amides is 4. The summed E-state index contributed by atoms with van der Waals surface area (Å²) in [4.78, 5) is 45.4. The Balaban J connectivity index is 1.35. The highest BCUT2D eigenvalue weighted by molar-refractivity contribution is 6.06. The zero-order valence-corrected chi connectivity index (χ0v) is 23.8. The van der Waals surface area contributed by atoms with Crippen LogP contribution in [0.1, 0.15) is 46.4 Å². The summed E-state index contributed by atoms with van der Waals surface area (Å²) in [7, 11) is 1.55. The first-order valence-electron chi connectivity index (χ1n) is 14.4. The van der Waals surface area contributed by atoms with Crippen molar-refractivity contribution in [2.45, 2.75) is 25.7 Å². The highest BCUT2D eigenvalue weighted by atomic mass is 19.1. The van der Waals surface area contributed by atoms with Crippen molar-refractivity contribution in [2.24, 2.45) is 0 Å². The Morgan fingerprint density at radius 2 is 1.55 bits per heavy atom. The van der Waals surface area contributed by atoms with Gasteiger partial charge in [-0.3, -0.25) is 9.59 Å². The maximum Gasteiger partial charge on any atom is 0.321 e. The van der Waals surface area contributed by atoms with Crippen LogP contribution < -0.4 is 20.3 Å². The summed E-state index contributed by atoms with van der Waals surface area (Å²) < 4.78 is 19.3. The standard InChI is InChI=1S/C32H36FN5O4/c1-42-25-10-7-9-23(21-25)30(39)34-24-13-14-29(26(22-24)31(40)37-15-5-2-6-16-37)36-17-8-18-38(20-19-36)32(41)35-28-12-4-3-11-27(28)33/h3-4,7,9-14,21-22H,2,5-6,8,15-20H2,1H3,(H,34,39)(H,35,41). The van der Waals surface area contributed by atoms with E-state index in [1.807, 2.05) is 11.0 Å². The zero-order valence-electron chi connectivity index (χ0n) is 23.8. The van der Waals surface area contributed by atoms with Crippen LogP contribution in [0.3, 0.4) is 0 Å². The lowest BCUT2D eigenvalue weighted by Crippen LogP contribution is -2.39. The molecule has 10 heteroatoms. The number of likely N-dealkylation sites (tertiary alicyclic amines) is 1. The van der Waals surface area contributed by atoms with Crippen molar-refractivity contribution in [1.29, 1.82) is 0 Å². The van der Waals surface area contributed by atoms with E-state index in [4.69, 9.17) is 4.74 Å². The second-order valence-corrected chi connectivity index (χ2v) is 10.5. The van der Waals surface area contributed by atoms with Gasteiger partial charge in [-0.05, 0) is 74.2 Å². The van der Waals surface area contributed by atoms with Gasteiger partial charge in [-0.2, -0.15) is 0 Å². The van der Waals surface area contributed by atoms with E-state index in [9.17, 15) is 18.8 Å². The molecule has 2 fully saturated rings. The minimum Gasteiger partial charge on any atom is -0.497 e. The van der Waals surface area contributed by atoms with E-state index in [0.29, 0.717) is 68.3 Å². The first kappa shape index (κ1) is 28.9. The number of para-hydroxylation sites is 1. The van der Waals surface area contributed by atoms with E-state index in [-0.39, 0.29) is 23.5 Å². The Bertz CT molecular complexity index is 1440. The predicted octanol–water partition coefficient (Wildman–Crippen LogP) is 5.46. The van der Waals surface area contributed by atoms with Gasteiger partial charge >= 0.3 is 6.03 Å². The second-order valence-electron chi connectivity index (χ2n) is 10.5. The number of piperidine rings is 1. The molecule has 42 heavy (non-hydrogen) atoms. The molecule has 2 saturated heterocycles. The van der Waals surface area contributed by atoms with Crippen LogP contribution in [0.4, 0.5) is 26.2 Å². The Labute approximate surface area is 245 Å². The normalized spacial score (nSPS) is 15.5. The number of nitrogens with zero attached hydrogens (tertiary/aromatic N) is 3. The van der Waals surface area contributed by atoms with Gasteiger partial charge < -0.3 is 30.1 Å². The molecule has 220 valence electrons. The average Bonchev–Trinajstić information content (AvgIpc) is 3.29. The van der Waals surface area contributed by atoms with Crippen molar-refractivity contribution < 1.29 is 23.5 Å². The van der Waals surface area contributed by atoms with Gasteiger partial charge in [0.15, 0.2) is 0 Å². The van der Waals surface area contributed by atoms with Crippen molar-refractivity contribution in [3.05, 3.63) is 83.7 Å². The van der Waals surface area contributed by atoms with Gasteiger partial charge in [-0.25, -0.2) is 9.18 Å². The van der Waals surface area contributed by atoms with Gasteiger partial charge in [0.25, 0.3) is 11.8 Å². The molecule has 0 bridgehead atoms. The highest BCUT2D eigenvalue weighted by Gasteiger charge is 2.26. The molecular weight excluding hydrogens is 537 g/mol. The lowest BCUT2D eigenvalue weighted by Gasteiger charge is -2.30. The number of urea groups is 1. The molecule has 0 aromatic heterocycles. The molecule has 0 atom stereocenters. The molecule has 3 aromatic carbocycles. The van der Waals surface area contributed by atoms with Crippen molar-refractivity contribution >= 4 is 34.9 Å². The van der Waals surface area contributed by atoms with Crippen LogP contribution in [-0.4, -0.2) is 74.0 Å². The Hall–Kier alpha value is -4.60. The maximum atomic E-state index is 14.1. The van der Waals surface area contributed by atoms with E-state index in [0.717, 1.165) is 24.9 Å². The van der Waals surface area contributed by atoms with E-state index in [1.54, 1.807) is 60.5 Å². The van der Waals surface area contributed by atoms with E-state index in [1.165, 1.54) is 12.1 Å². The van der Waals surface area contributed by atoms with Crippen molar-refractivity contribution in [3.8, 4) is 5.75 Å². The third kappa shape index (κ3) is 6.82. The second kappa shape index (κ2) is 13.4. The Kier molecular flexibility index (Phi) is 9.21. The van der Waals surface area contributed by atoms with Crippen LogP contribution >= 0.6 is 0 Å². The van der Waals surface area contributed by atoms with Crippen LogP contribution in [0.25, 0.3) is 0 Å². The minimum absolute atomic E-state index is 0.0689. The number of benzene rings is 3. The molecule has 0 spiro atoms. The highest BCUT2D eigenvalue weighted by Crippen LogP contribution is 2.29.